The molecule has 0 bridgehead atoms. The molecule has 0 saturated heterocycles. The van der Waals surface area contributed by atoms with E-state index in [1.165, 1.54) is 6.42 Å². The monoisotopic (exact) mass is 260 g/mol. The predicted octanol–water partition coefficient (Wildman–Crippen LogP) is 2.69. The molecule has 0 spiro atoms. The normalized spacial score (nSPS) is 18.1. The van der Waals surface area contributed by atoms with Gasteiger partial charge in [-0.15, -0.1) is 0 Å². The predicted molar refractivity (Wildman–Crippen MR) is 78.3 cm³/mol. The van der Waals surface area contributed by atoms with Gasteiger partial charge in [-0.25, -0.2) is 0 Å². The zero-order chi connectivity index (χ0) is 13.9. The average molecular weight is 260 g/mol. The summed E-state index contributed by atoms with van der Waals surface area (Å²) in [5, 5.41) is 3.20. The summed E-state index contributed by atoms with van der Waals surface area (Å²) in [6.45, 7) is 4.52. The number of benzene rings is 1. The third kappa shape index (κ3) is 3.16. The summed E-state index contributed by atoms with van der Waals surface area (Å²) in [6.07, 6.45) is 5.57. The number of carbonyl (C=O) groups is 1. The minimum atomic E-state index is -0.189. The Morgan fingerprint density at radius 1 is 1.26 bits per heavy atom. The third-order valence-electron chi connectivity index (χ3n) is 4.22. The van der Waals surface area contributed by atoms with Gasteiger partial charge in [-0.05, 0) is 38.3 Å². The lowest BCUT2D eigenvalue weighted by Crippen LogP contribution is -2.54. The van der Waals surface area contributed by atoms with Crippen LogP contribution in [-0.4, -0.2) is 18.0 Å². The minimum Gasteiger partial charge on any atom is -0.345 e. The van der Waals surface area contributed by atoms with Crippen LogP contribution in [0.3, 0.4) is 0 Å². The molecular formula is C16H24N2O. The zero-order valence-electron chi connectivity index (χ0n) is 12.0. The molecule has 2 rings (SSSR count). The second kappa shape index (κ2) is 5.74. The molecule has 0 atom stereocenters. The smallest absolute Gasteiger partial charge is 0.252 e. The van der Waals surface area contributed by atoms with Crippen molar-refractivity contribution >= 4 is 5.91 Å². The number of nitrogens with two attached hydrogens (primary N) is 1. The number of hydrogen-bond donors (Lipinski definition) is 2. The van der Waals surface area contributed by atoms with Crippen LogP contribution in [0.2, 0.25) is 0 Å². The van der Waals surface area contributed by atoms with Crippen LogP contribution >= 0.6 is 0 Å². The van der Waals surface area contributed by atoms with E-state index < -0.39 is 0 Å². The molecule has 3 nitrogen and oxygen atoms in total. The number of rotatable bonds is 3. The summed E-state index contributed by atoms with van der Waals surface area (Å²) >= 11 is 0. The average Bonchev–Trinajstić information content (AvgIpc) is 2.42. The van der Waals surface area contributed by atoms with Crippen LogP contribution in [0.4, 0.5) is 0 Å². The van der Waals surface area contributed by atoms with Crippen molar-refractivity contribution < 1.29 is 4.79 Å². The van der Waals surface area contributed by atoms with Gasteiger partial charge in [0.2, 0.25) is 0 Å². The van der Waals surface area contributed by atoms with Crippen molar-refractivity contribution in [2.24, 2.45) is 5.73 Å². The Kier molecular flexibility index (Phi) is 4.25. The van der Waals surface area contributed by atoms with E-state index in [0.717, 1.165) is 42.4 Å². The molecule has 1 aliphatic rings. The fraction of sp³-hybridized carbons (Fsp3) is 0.562. The maximum Gasteiger partial charge on any atom is 0.252 e. The number of carbonyl (C=O) groups excluding carboxylic acids is 1. The van der Waals surface area contributed by atoms with Crippen molar-refractivity contribution in [1.29, 1.82) is 0 Å². The van der Waals surface area contributed by atoms with Gasteiger partial charge >= 0.3 is 0 Å². The van der Waals surface area contributed by atoms with Gasteiger partial charge in [-0.3, -0.25) is 4.79 Å². The van der Waals surface area contributed by atoms with Crippen molar-refractivity contribution in [3.8, 4) is 0 Å². The van der Waals surface area contributed by atoms with Crippen molar-refractivity contribution in [2.45, 2.75) is 51.5 Å². The molecule has 104 valence electrons. The first-order valence-corrected chi connectivity index (χ1v) is 7.16. The molecule has 3 N–H and O–H groups in total. The van der Waals surface area contributed by atoms with Gasteiger partial charge in [-0.1, -0.05) is 37.0 Å². The van der Waals surface area contributed by atoms with Crippen LogP contribution < -0.4 is 11.1 Å². The maximum atomic E-state index is 12.5. The Hall–Kier alpha value is -1.35. The molecule has 0 radical (unpaired) electrons. The number of aryl methyl sites for hydroxylation is 2. The maximum absolute atomic E-state index is 12.5. The molecular weight excluding hydrogens is 236 g/mol. The Bertz CT molecular complexity index is 462. The van der Waals surface area contributed by atoms with Gasteiger partial charge in [0, 0.05) is 12.1 Å². The lowest BCUT2D eigenvalue weighted by molar-refractivity contribution is 0.0874. The van der Waals surface area contributed by atoms with Crippen LogP contribution in [0.25, 0.3) is 0 Å². The van der Waals surface area contributed by atoms with Crippen LogP contribution in [0.5, 0.6) is 0 Å². The highest BCUT2D eigenvalue weighted by Crippen LogP contribution is 2.27. The Labute approximate surface area is 115 Å². The molecule has 3 heteroatoms. The van der Waals surface area contributed by atoms with E-state index in [4.69, 9.17) is 5.73 Å². The van der Waals surface area contributed by atoms with E-state index >= 15 is 0 Å². The van der Waals surface area contributed by atoms with Crippen molar-refractivity contribution in [2.75, 3.05) is 6.54 Å². The molecule has 0 heterocycles. The van der Waals surface area contributed by atoms with E-state index in [1.54, 1.807) is 0 Å². The SMILES string of the molecule is Cc1ccc(C)c(C(=O)NC2(CN)CCCCC2)c1. The molecule has 1 aliphatic carbocycles. The van der Waals surface area contributed by atoms with Crippen molar-refractivity contribution in [3.05, 3.63) is 34.9 Å². The Morgan fingerprint density at radius 2 is 1.95 bits per heavy atom. The fourth-order valence-corrected chi connectivity index (χ4v) is 2.90. The molecule has 1 fully saturated rings. The van der Waals surface area contributed by atoms with E-state index in [1.807, 2.05) is 32.0 Å². The van der Waals surface area contributed by atoms with E-state index in [-0.39, 0.29) is 11.4 Å². The number of nitrogens with one attached hydrogen (secondary N) is 1. The molecule has 1 aromatic carbocycles. The summed E-state index contributed by atoms with van der Waals surface area (Å²) in [6, 6.07) is 5.99. The van der Waals surface area contributed by atoms with Gasteiger partial charge in [0.25, 0.3) is 5.91 Å². The Morgan fingerprint density at radius 3 is 2.58 bits per heavy atom. The summed E-state index contributed by atoms with van der Waals surface area (Å²) in [5.74, 6) is 0.0218. The highest BCUT2D eigenvalue weighted by atomic mass is 16.1. The molecule has 0 aromatic heterocycles. The standard InChI is InChI=1S/C16H24N2O/c1-12-6-7-13(2)14(10-12)15(19)18-16(11-17)8-4-3-5-9-16/h6-7,10H,3-5,8-9,11,17H2,1-2H3,(H,18,19). The molecule has 0 unspecified atom stereocenters. The van der Waals surface area contributed by atoms with Gasteiger partial charge in [-0.2, -0.15) is 0 Å². The zero-order valence-corrected chi connectivity index (χ0v) is 12.0. The highest BCUT2D eigenvalue weighted by Gasteiger charge is 2.32. The minimum absolute atomic E-state index is 0.0218. The van der Waals surface area contributed by atoms with Gasteiger partial charge in [0.05, 0.1) is 5.54 Å². The second-order valence-corrected chi connectivity index (χ2v) is 5.82. The number of amides is 1. The van der Waals surface area contributed by atoms with Gasteiger partial charge in [0.15, 0.2) is 0 Å². The van der Waals surface area contributed by atoms with E-state index in [2.05, 4.69) is 5.32 Å². The first-order chi connectivity index (χ1) is 9.06. The molecule has 0 aliphatic heterocycles. The topological polar surface area (TPSA) is 55.1 Å². The van der Waals surface area contributed by atoms with Crippen molar-refractivity contribution in [3.63, 3.8) is 0 Å². The molecule has 1 saturated carbocycles. The summed E-state index contributed by atoms with van der Waals surface area (Å²) < 4.78 is 0. The fourth-order valence-electron chi connectivity index (χ4n) is 2.90. The van der Waals surface area contributed by atoms with E-state index in [0.29, 0.717) is 6.54 Å². The first-order valence-electron chi connectivity index (χ1n) is 7.16. The number of hydrogen-bond acceptors (Lipinski definition) is 2. The van der Waals surface area contributed by atoms with Gasteiger partial charge in [0.1, 0.15) is 0 Å². The third-order valence-corrected chi connectivity index (χ3v) is 4.22. The lowest BCUT2D eigenvalue weighted by Gasteiger charge is -2.37. The summed E-state index contributed by atoms with van der Waals surface area (Å²) in [7, 11) is 0. The van der Waals surface area contributed by atoms with E-state index in [9.17, 15) is 4.79 Å². The molecule has 1 amide bonds. The van der Waals surface area contributed by atoms with Crippen LogP contribution in [0.15, 0.2) is 18.2 Å². The largest absolute Gasteiger partial charge is 0.345 e. The summed E-state index contributed by atoms with van der Waals surface area (Å²) in [5.41, 5.74) is 8.64. The molecule has 1 aromatic rings. The second-order valence-electron chi connectivity index (χ2n) is 5.82. The first kappa shape index (κ1) is 14.1. The van der Waals surface area contributed by atoms with Crippen LogP contribution in [0, 0.1) is 13.8 Å². The van der Waals surface area contributed by atoms with Crippen LogP contribution in [0.1, 0.15) is 53.6 Å². The van der Waals surface area contributed by atoms with Crippen LogP contribution in [-0.2, 0) is 0 Å². The lowest BCUT2D eigenvalue weighted by atomic mass is 9.81. The summed E-state index contributed by atoms with van der Waals surface area (Å²) in [4.78, 5) is 12.5. The quantitative estimate of drug-likeness (QED) is 0.878. The molecule has 19 heavy (non-hydrogen) atoms. The Balaban J connectivity index is 2.17. The van der Waals surface area contributed by atoms with Gasteiger partial charge < -0.3 is 11.1 Å². The van der Waals surface area contributed by atoms with Crippen molar-refractivity contribution in [1.82, 2.24) is 5.32 Å². The highest BCUT2D eigenvalue weighted by molar-refractivity contribution is 5.96.